The number of thioether (sulfide) groups is 1. The van der Waals surface area contributed by atoms with E-state index >= 15 is 0 Å². The summed E-state index contributed by atoms with van der Waals surface area (Å²) in [5, 5.41) is 7.47. The van der Waals surface area contributed by atoms with Gasteiger partial charge < -0.3 is 10.6 Å². The first-order valence-electron chi connectivity index (χ1n) is 9.45. The Morgan fingerprint density at radius 2 is 1.48 bits per heavy atom. The van der Waals surface area contributed by atoms with E-state index in [1.807, 2.05) is 66.9 Å². The lowest BCUT2D eigenvalue weighted by Gasteiger charge is -2.13. The Hall–Kier alpha value is -2.57. The van der Waals surface area contributed by atoms with Crippen molar-refractivity contribution in [3.63, 3.8) is 0 Å². The van der Waals surface area contributed by atoms with Crippen LogP contribution in [0.25, 0.3) is 0 Å². The minimum absolute atomic E-state index is 0.0395. The first-order chi connectivity index (χ1) is 13.9. The van der Waals surface area contributed by atoms with Gasteiger partial charge in [0.1, 0.15) is 0 Å². The van der Waals surface area contributed by atoms with E-state index in [9.17, 15) is 9.59 Å². The van der Waals surface area contributed by atoms with E-state index < -0.39 is 0 Å². The molecule has 1 heterocycles. The van der Waals surface area contributed by atoms with Crippen molar-refractivity contribution < 1.29 is 9.59 Å². The maximum atomic E-state index is 12.5. The summed E-state index contributed by atoms with van der Waals surface area (Å²) in [6.07, 6.45) is 0. The van der Waals surface area contributed by atoms with Crippen molar-refractivity contribution in [2.75, 3.05) is 10.6 Å². The molecule has 0 spiro atoms. The third-order valence-electron chi connectivity index (χ3n) is 4.38. The van der Waals surface area contributed by atoms with Crippen LogP contribution in [0.3, 0.4) is 0 Å². The molecular weight excluding hydrogens is 400 g/mol. The van der Waals surface area contributed by atoms with E-state index in [1.54, 1.807) is 6.07 Å². The largest absolute Gasteiger partial charge is 0.325 e. The van der Waals surface area contributed by atoms with Gasteiger partial charge in [-0.15, -0.1) is 23.1 Å². The van der Waals surface area contributed by atoms with Gasteiger partial charge in [0, 0.05) is 16.3 Å². The van der Waals surface area contributed by atoms with Crippen LogP contribution in [0.2, 0.25) is 0 Å². The number of carbonyl (C=O) groups is 2. The Morgan fingerprint density at radius 3 is 2.07 bits per heavy atom. The molecule has 0 bridgehead atoms. The zero-order valence-corrected chi connectivity index (χ0v) is 18.3. The van der Waals surface area contributed by atoms with E-state index in [0.717, 1.165) is 16.3 Å². The topological polar surface area (TPSA) is 58.2 Å². The number of thiophene rings is 1. The van der Waals surface area contributed by atoms with Crippen LogP contribution in [0, 0.1) is 0 Å². The van der Waals surface area contributed by atoms with Crippen molar-refractivity contribution in [2.24, 2.45) is 0 Å². The molecule has 2 amide bonds. The Morgan fingerprint density at radius 1 is 0.862 bits per heavy atom. The summed E-state index contributed by atoms with van der Waals surface area (Å²) in [7, 11) is 0. The fourth-order valence-electron chi connectivity index (χ4n) is 2.67. The zero-order chi connectivity index (χ0) is 20.8. The molecule has 0 fully saturated rings. The van der Waals surface area contributed by atoms with E-state index in [0.29, 0.717) is 10.8 Å². The number of hydrogen-bond acceptors (Lipinski definition) is 4. The fraction of sp³-hybridized carbons (Fsp3) is 0.217. The van der Waals surface area contributed by atoms with Gasteiger partial charge in [-0.25, -0.2) is 0 Å². The molecule has 29 heavy (non-hydrogen) atoms. The van der Waals surface area contributed by atoms with Crippen LogP contribution in [0.4, 0.5) is 11.4 Å². The van der Waals surface area contributed by atoms with E-state index in [1.165, 1.54) is 28.7 Å². The number of amides is 2. The molecule has 0 radical (unpaired) electrons. The lowest BCUT2D eigenvalue weighted by Crippen LogP contribution is -2.22. The summed E-state index contributed by atoms with van der Waals surface area (Å²) in [5.41, 5.74) is 2.78. The molecule has 6 heteroatoms. The number of benzene rings is 2. The number of rotatable bonds is 7. The van der Waals surface area contributed by atoms with Crippen LogP contribution < -0.4 is 10.6 Å². The zero-order valence-electron chi connectivity index (χ0n) is 16.6. The molecule has 4 nitrogen and oxygen atoms in total. The maximum absolute atomic E-state index is 12.5. The van der Waals surface area contributed by atoms with Crippen molar-refractivity contribution in [1.82, 2.24) is 0 Å². The third kappa shape index (κ3) is 5.95. The Kier molecular flexibility index (Phi) is 7.12. The molecule has 2 N–H and O–H groups in total. The lowest BCUT2D eigenvalue weighted by atomic mass is 10.0. The van der Waals surface area contributed by atoms with Crippen LogP contribution in [0.1, 0.15) is 41.9 Å². The second kappa shape index (κ2) is 9.76. The lowest BCUT2D eigenvalue weighted by molar-refractivity contribution is -0.115. The highest BCUT2D eigenvalue weighted by Crippen LogP contribution is 2.26. The van der Waals surface area contributed by atoms with Crippen LogP contribution >= 0.6 is 23.1 Å². The Labute approximate surface area is 179 Å². The van der Waals surface area contributed by atoms with Crippen molar-refractivity contribution in [3.05, 3.63) is 76.5 Å². The minimum atomic E-state index is -0.244. The predicted octanol–water partition coefficient (Wildman–Crippen LogP) is 6.24. The van der Waals surface area contributed by atoms with Crippen LogP contribution in [-0.4, -0.2) is 17.1 Å². The van der Waals surface area contributed by atoms with E-state index in [4.69, 9.17) is 0 Å². The molecule has 0 aliphatic rings. The summed E-state index contributed by atoms with van der Waals surface area (Å²) in [5.74, 6) is 0.311. The van der Waals surface area contributed by atoms with Crippen molar-refractivity contribution in [2.45, 2.75) is 36.8 Å². The van der Waals surface area contributed by atoms with Gasteiger partial charge in [-0.2, -0.15) is 0 Å². The van der Waals surface area contributed by atoms with E-state index in [-0.39, 0.29) is 17.1 Å². The summed E-state index contributed by atoms with van der Waals surface area (Å²) >= 11 is 2.89. The highest BCUT2D eigenvalue weighted by atomic mass is 32.2. The van der Waals surface area contributed by atoms with E-state index in [2.05, 4.69) is 24.5 Å². The molecular formula is C23H24N2O2S2. The molecule has 3 rings (SSSR count). The second-order valence-corrected chi connectivity index (χ2v) is 9.34. The molecule has 0 saturated heterocycles. The molecule has 1 atom stereocenters. The van der Waals surface area contributed by atoms with Gasteiger partial charge in [-0.1, -0.05) is 32.0 Å². The van der Waals surface area contributed by atoms with Crippen LogP contribution in [0.15, 0.2) is 70.9 Å². The molecule has 0 aliphatic carbocycles. The molecule has 1 unspecified atom stereocenters. The second-order valence-electron chi connectivity index (χ2n) is 6.98. The number of nitrogens with one attached hydrogen (secondary N) is 2. The minimum Gasteiger partial charge on any atom is -0.325 e. The number of anilines is 2. The molecule has 2 aromatic carbocycles. The molecule has 0 saturated carbocycles. The van der Waals surface area contributed by atoms with Crippen LogP contribution in [0.5, 0.6) is 0 Å². The average Bonchev–Trinajstić information content (AvgIpc) is 3.25. The predicted molar refractivity (Wildman–Crippen MR) is 123 cm³/mol. The molecule has 3 aromatic rings. The van der Waals surface area contributed by atoms with Gasteiger partial charge in [-0.05, 0) is 66.2 Å². The Bertz CT molecular complexity index is 950. The highest BCUT2D eigenvalue weighted by molar-refractivity contribution is 8.00. The smallest absolute Gasteiger partial charge is 0.265 e. The van der Waals surface area contributed by atoms with Gasteiger partial charge in [-0.3, -0.25) is 9.59 Å². The first kappa shape index (κ1) is 21.1. The number of hydrogen-bond donors (Lipinski definition) is 2. The average molecular weight is 425 g/mol. The van der Waals surface area contributed by atoms with Gasteiger partial charge >= 0.3 is 0 Å². The SMILES string of the molecule is CC(Sc1ccc(NC(=O)c2cccs2)cc1)C(=O)Nc1ccc(C(C)C)cc1. The summed E-state index contributed by atoms with van der Waals surface area (Å²) in [6, 6.07) is 19.1. The molecule has 150 valence electrons. The fourth-order valence-corrected chi connectivity index (χ4v) is 4.16. The summed E-state index contributed by atoms with van der Waals surface area (Å²) < 4.78 is 0. The quantitative estimate of drug-likeness (QED) is 0.441. The Balaban J connectivity index is 1.53. The maximum Gasteiger partial charge on any atom is 0.265 e. The molecule has 1 aromatic heterocycles. The van der Waals surface area contributed by atoms with Gasteiger partial charge in [0.15, 0.2) is 0 Å². The van der Waals surface area contributed by atoms with Crippen LogP contribution in [-0.2, 0) is 4.79 Å². The van der Waals surface area contributed by atoms with Crippen molar-refractivity contribution >= 4 is 46.3 Å². The van der Waals surface area contributed by atoms with Gasteiger partial charge in [0.05, 0.1) is 10.1 Å². The van der Waals surface area contributed by atoms with Crippen molar-refractivity contribution in [3.8, 4) is 0 Å². The normalized spacial score (nSPS) is 11.9. The standard InChI is InChI=1S/C23H24N2O2S2/c1-15(2)17-6-8-18(9-7-17)24-22(26)16(3)29-20-12-10-19(11-13-20)25-23(27)21-5-4-14-28-21/h4-16H,1-3H3,(H,24,26)(H,25,27). The van der Waals surface area contributed by atoms with Gasteiger partial charge in [0.2, 0.25) is 5.91 Å². The highest BCUT2D eigenvalue weighted by Gasteiger charge is 2.15. The molecule has 0 aliphatic heterocycles. The summed E-state index contributed by atoms with van der Waals surface area (Å²) in [6.45, 7) is 6.17. The number of carbonyl (C=O) groups excluding carboxylic acids is 2. The monoisotopic (exact) mass is 424 g/mol. The van der Waals surface area contributed by atoms with Gasteiger partial charge in [0.25, 0.3) is 5.91 Å². The van der Waals surface area contributed by atoms with Crippen molar-refractivity contribution in [1.29, 1.82) is 0 Å². The summed E-state index contributed by atoms with van der Waals surface area (Å²) in [4.78, 5) is 26.2. The first-order valence-corrected chi connectivity index (χ1v) is 11.2. The third-order valence-corrected chi connectivity index (χ3v) is 6.36.